The van der Waals surface area contributed by atoms with Crippen molar-refractivity contribution in [3.05, 3.63) is 48.8 Å². The largest absolute Gasteiger partial charge is 0.508 e. The van der Waals surface area contributed by atoms with Gasteiger partial charge in [0.2, 0.25) is 11.8 Å². The molecule has 3 aliphatic rings. The van der Waals surface area contributed by atoms with Crippen LogP contribution < -0.4 is 16.1 Å². The molecule has 2 saturated carbocycles. The number of fused-ring (bicyclic) bond motifs is 2. The molecule has 2 aliphatic carbocycles. The van der Waals surface area contributed by atoms with E-state index in [9.17, 15) is 24.3 Å². The number of benzene rings is 2. The van der Waals surface area contributed by atoms with Crippen LogP contribution in [0.4, 0.5) is 21.0 Å². The molecule has 1 saturated heterocycles. The fraction of sp³-hybridized carbons (Fsp3) is 0.500. The van der Waals surface area contributed by atoms with Crippen LogP contribution in [0, 0.1) is 11.8 Å². The number of carbonyl (C=O) groups excluding carboxylic acids is 4. The number of phenolic OH excluding ortho intramolecular Hbond substituents is 1. The van der Waals surface area contributed by atoms with Gasteiger partial charge >= 0.3 is 19.3 Å². The third-order valence-electron chi connectivity index (χ3n) is 9.73. The lowest BCUT2D eigenvalue weighted by molar-refractivity contribution is -0.118. The van der Waals surface area contributed by atoms with Crippen LogP contribution in [0.2, 0.25) is 0 Å². The van der Waals surface area contributed by atoms with Gasteiger partial charge in [-0.25, -0.2) is 9.59 Å². The third-order valence-corrected chi connectivity index (χ3v) is 9.73. The molecule has 0 radical (unpaired) electrons. The predicted molar refractivity (Wildman–Crippen MR) is 207 cm³/mol. The molecule has 0 atom stereocenters. The van der Waals surface area contributed by atoms with Crippen molar-refractivity contribution in [3.8, 4) is 5.75 Å². The molecule has 3 fully saturated rings. The SMILES string of the molecule is CC(C)(C)OC(=O)n1cc(NC(=O)C2CC2)c2cc(B3OC(C)(C)C(C)(C)O3)ccc21.CC(C)(C)OC(=O)n1cc(NC(=O)C2CC2)c2cc(O)ccc21. The first kappa shape index (κ1) is 38.9. The van der Waals surface area contributed by atoms with Crippen molar-refractivity contribution in [3.63, 3.8) is 0 Å². The average molecular weight is 743 g/mol. The molecule has 2 aromatic heterocycles. The van der Waals surface area contributed by atoms with E-state index in [2.05, 4.69) is 10.6 Å². The smallest absolute Gasteiger partial charge is 0.494 e. The summed E-state index contributed by atoms with van der Waals surface area (Å²) in [5, 5.41) is 16.9. The number of carbonyl (C=O) groups is 4. The molecule has 3 N–H and O–H groups in total. The highest BCUT2D eigenvalue weighted by Gasteiger charge is 2.51. The van der Waals surface area contributed by atoms with E-state index in [0.29, 0.717) is 27.8 Å². The lowest BCUT2D eigenvalue weighted by atomic mass is 9.78. The molecular weight excluding hydrogens is 691 g/mol. The molecular formula is C40H51BN4O9. The van der Waals surface area contributed by atoms with Crippen molar-refractivity contribution in [2.45, 2.75) is 117 Å². The highest BCUT2D eigenvalue weighted by molar-refractivity contribution is 6.62. The normalized spacial score (nSPS) is 17.9. The number of rotatable bonds is 5. The second kappa shape index (κ2) is 13.8. The Morgan fingerprint density at radius 1 is 0.704 bits per heavy atom. The van der Waals surface area contributed by atoms with Gasteiger partial charge in [0.05, 0.1) is 33.6 Å². The van der Waals surface area contributed by atoms with Gasteiger partial charge in [-0.3, -0.25) is 18.7 Å². The molecule has 14 heteroatoms. The molecule has 7 rings (SSSR count). The molecule has 0 bridgehead atoms. The van der Waals surface area contributed by atoms with Crippen LogP contribution in [0.3, 0.4) is 0 Å². The van der Waals surface area contributed by atoms with E-state index in [1.54, 1.807) is 39.2 Å². The highest BCUT2D eigenvalue weighted by atomic mass is 16.7. The van der Waals surface area contributed by atoms with Crippen molar-refractivity contribution in [1.29, 1.82) is 0 Å². The van der Waals surface area contributed by atoms with E-state index in [1.165, 1.54) is 21.3 Å². The summed E-state index contributed by atoms with van der Waals surface area (Å²) in [5.41, 5.74) is 0.958. The van der Waals surface area contributed by atoms with Crippen LogP contribution in [0.25, 0.3) is 21.8 Å². The molecule has 13 nitrogen and oxygen atoms in total. The summed E-state index contributed by atoms with van der Waals surface area (Å²) < 4.78 is 26.1. The number of hydrogen-bond acceptors (Lipinski definition) is 9. The fourth-order valence-electron chi connectivity index (χ4n) is 5.88. The summed E-state index contributed by atoms with van der Waals surface area (Å²) in [5.74, 6) is 0.0839. The Hall–Kier alpha value is -4.82. The van der Waals surface area contributed by atoms with E-state index in [1.807, 2.05) is 66.7 Å². The minimum absolute atomic E-state index is 0.0238. The lowest BCUT2D eigenvalue weighted by Gasteiger charge is -2.32. The van der Waals surface area contributed by atoms with Crippen LogP contribution in [0.5, 0.6) is 5.75 Å². The van der Waals surface area contributed by atoms with Crippen LogP contribution in [0.15, 0.2) is 48.8 Å². The lowest BCUT2D eigenvalue weighted by Crippen LogP contribution is -2.41. The molecule has 2 aromatic carbocycles. The quantitative estimate of drug-likeness (QED) is 0.176. The Balaban J connectivity index is 0.000000193. The predicted octanol–water partition coefficient (Wildman–Crippen LogP) is 7.55. The molecule has 0 spiro atoms. The molecule has 0 unspecified atom stereocenters. The summed E-state index contributed by atoms with van der Waals surface area (Å²) in [6, 6.07) is 10.3. The first-order valence-electron chi connectivity index (χ1n) is 18.4. The summed E-state index contributed by atoms with van der Waals surface area (Å²) in [4.78, 5) is 49.6. The Bertz CT molecular complexity index is 2110. The summed E-state index contributed by atoms with van der Waals surface area (Å²) in [6.07, 6.45) is 5.73. The number of nitrogens with zero attached hydrogens (tertiary/aromatic N) is 2. The summed E-state index contributed by atoms with van der Waals surface area (Å²) in [6.45, 7) is 18.9. The summed E-state index contributed by atoms with van der Waals surface area (Å²) in [7, 11) is -0.536. The van der Waals surface area contributed by atoms with Gasteiger partial charge in [0.15, 0.2) is 0 Å². The second-order valence-corrected chi connectivity index (χ2v) is 17.4. The van der Waals surface area contributed by atoms with Gasteiger partial charge in [0.25, 0.3) is 0 Å². The number of hydrogen-bond donors (Lipinski definition) is 3. The van der Waals surface area contributed by atoms with Gasteiger partial charge < -0.3 is 34.5 Å². The maximum absolute atomic E-state index is 12.8. The summed E-state index contributed by atoms with van der Waals surface area (Å²) >= 11 is 0. The van der Waals surface area contributed by atoms with Crippen molar-refractivity contribution < 1.29 is 43.1 Å². The van der Waals surface area contributed by atoms with E-state index in [4.69, 9.17) is 18.8 Å². The molecule has 1 aliphatic heterocycles. The molecule has 2 amide bonds. The maximum Gasteiger partial charge on any atom is 0.494 e. The highest BCUT2D eigenvalue weighted by Crippen LogP contribution is 2.38. The minimum atomic E-state index is -0.631. The minimum Gasteiger partial charge on any atom is -0.508 e. The Labute approximate surface area is 315 Å². The number of aromatic hydroxyl groups is 1. The van der Waals surface area contributed by atoms with Gasteiger partial charge in [-0.05, 0) is 125 Å². The van der Waals surface area contributed by atoms with Crippen molar-refractivity contribution >= 4 is 69.8 Å². The number of anilines is 2. The van der Waals surface area contributed by atoms with E-state index in [0.717, 1.165) is 36.5 Å². The Kier molecular flexibility index (Phi) is 9.94. The van der Waals surface area contributed by atoms with E-state index in [-0.39, 0.29) is 29.4 Å². The number of ether oxygens (including phenoxy) is 2. The van der Waals surface area contributed by atoms with Crippen LogP contribution in [-0.2, 0) is 28.4 Å². The standard InChI is InChI=1S/C23H31BN2O5.C17H20N2O4/c1-21(2,3)29-20(28)26-13-17(25-19(27)14-8-9-14)16-12-15(10-11-18(16)26)24-30-22(4,5)23(6,7)31-24;1-17(2,3)23-16(22)19-9-13(18-15(21)10-4-5-10)12-8-11(20)6-7-14(12)19/h10-14H,8-9H2,1-7H3,(H,25,27);6-10,20H,4-5H2,1-3H3,(H,18,21). The molecule has 54 heavy (non-hydrogen) atoms. The van der Waals surface area contributed by atoms with Gasteiger partial charge in [-0.1, -0.05) is 12.1 Å². The third kappa shape index (κ3) is 8.60. The monoisotopic (exact) mass is 742 g/mol. The van der Waals surface area contributed by atoms with Crippen LogP contribution in [0.1, 0.15) is 94.9 Å². The first-order valence-corrected chi connectivity index (χ1v) is 18.4. The maximum atomic E-state index is 12.8. The van der Waals surface area contributed by atoms with Crippen LogP contribution in [-0.4, -0.2) is 67.8 Å². The zero-order valence-corrected chi connectivity index (χ0v) is 32.8. The zero-order valence-electron chi connectivity index (χ0n) is 32.8. The number of aromatic nitrogens is 2. The first-order chi connectivity index (χ1) is 25.0. The van der Waals surface area contributed by atoms with E-state index >= 15 is 0 Å². The van der Waals surface area contributed by atoms with Crippen molar-refractivity contribution in [2.75, 3.05) is 10.6 Å². The average Bonchev–Trinajstić information content (AvgIpc) is 3.98. The van der Waals surface area contributed by atoms with E-state index < -0.39 is 41.7 Å². The zero-order chi connectivity index (χ0) is 39.5. The number of nitrogens with one attached hydrogen (secondary N) is 2. The second-order valence-electron chi connectivity index (χ2n) is 17.4. The van der Waals surface area contributed by atoms with Gasteiger partial charge in [0, 0.05) is 35.0 Å². The number of amides is 2. The Morgan fingerprint density at radius 3 is 1.52 bits per heavy atom. The fourth-order valence-corrected chi connectivity index (χ4v) is 5.88. The van der Waals surface area contributed by atoms with Gasteiger partial charge in [-0.2, -0.15) is 0 Å². The van der Waals surface area contributed by atoms with Crippen molar-refractivity contribution in [2.24, 2.45) is 11.8 Å². The van der Waals surface area contributed by atoms with Gasteiger partial charge in [-0.15, -0.1) is 0 Å². The Morgan fingerprint density at radius 2 is 1.11 bits per heavy atom. The van der Waals surface area contributed by atoms with Crippen LogP contribution >= 0.6 is 0 Å². The topological polar surface area (TPSA) is 159 Å². The molecule has 3 heterocycles. The van der Waals surface area contributed by atoms with Gasteiger partial charge in [0.1, 0.15) is 17.0 Å². The number of phenols is 1. The molecule has 288 valence electrons. The molecule has 4 aromatic rings. The van der Waals surface area contributed by atoms with Crippen molar-refractivity contribution in [1.82, 2.24) is 9.13 Å².